The number of rotatable bonds is 1. The molecule has 5 radical (unpaired) electrons. The first kappa shape index (κ1) is 21.3. The molecule has 0 N–H and O–H groups in total. The second-order valence-electron chi connectivity index (χ2n) is 4.21. The molecule has 0 bridgehead atoms. The fraction of sp³-hybridized carbons (Fsp3) is 0.0556. The summed E-state index contributed by atoms with van der Waals surface area (Å²) in [5, 5.41) is 2.69. The van der Waals surface area contributed by atoms with Gasteiger partial charge >= 0.3 is 21.7 Å². The van der Waals surface area contributed by atoms with Crippen molar-refractivity contribution in [2.75, 3.05) is 0 Å². The maximum Gasteiger partial charge on any atom is 3.00 e. The Hall–Kier alpha value is -1.02. The minimum atomic E-state index is 0. The predicted molar refractivity (Wildman–Crippen MR) is 88.3 cm³/mol. The molecule has 0 spiro atoms. The zero-order valence-electron chi connectivity index (χ0n) is 12.3. The van der Waals surface area contributed by atoms with Gasteiger partial charge in [0.05, 0.1) is 0 Å². The van der Waals surface area contributed by atoms with Crippen LogP contribution in [0.15, 0.2) is 60.7 Å². The summed E-state index contributed by atoms with van der Waals surface area (Å²) in [6.45, 7) is 2.15. The number of hydrogen-bond acceptors (Lipinski definition) is 0. The molecule has 3 aromatic carbocycles. The molecule has 3 rings (SSSR count). The van der Waals surface area contributed by atoms with Gasteiger partial charge in [-0.05, 0) is 5.56 Å². The zero-order chi connectivity index (χ0) is 11.0. The van der Waals surface area contributed by atoms with Gasteiger partial charge in [-0.3, -0.25) is 0 Å². The molecule has 0 unspecified atom stereocenters. The third-order valence-electron chi connectivity index (χ3n) is 2.98. The van der Waals surface area contributed by atoms with E-state index in [9.17, 15) is 0 Å². The quantitative estimate of drug-likeness (QED) is 0.436. The van der Waals surface area contributed by atoms with Crippen LogP contribution in [0.25, 0.3) is 21.9 Å². The summed E-state index contributed by atoms with van der Waals surface area (Å²) in [5.74, 6) is 0. The van der Waals surface area contributed by atoms with Crippen LogP contribution in [0.4, 0.5) is 0 Å². The minimum Gasteiger partial charge on any atom is -0.358 e. The third kappa shape index (κ3) is 3.99. The van der Waals surface area contributed by atoms with Crippen LogP contribution >= 0.6 is 0 Å². The first-order valence-corrected chi connectivity index (χ1v) is 5.56. The Morgan fingerprint density at radius 2 is 1.50 bits per heavy atom. The van der Waals surface area contributed by atoms with E-state index in [1.54, 1.807) is 0 Å². The van der Waals surface area contributed by atoms with Gasteiger partial charge in [-0.15, -0.1) is 34.5 Å². The van der Waals surface area contributed by atoms with Crippen molar-refractivity contribution >= 4 is 21.7 Å². The van der Waals surface area contributed by atoms with Crippen LogP contribution < -0.4 is 0 Å². The molecule has 0 fully saturated rings. The van der Waals surface area contributed by atoms with Crippen molar-refractivity contribution in [3.63, 3.8) is 0 Å². The fourth-order valence-corrected chi connectivity index (χ4v) is 2.25. The van der Waals surface area contributed by atoms with Gasteiger partial charge in [0, 0.05) is 11.0 Å². The first-order chi connectivity index (χ1) is 7.84. The standard InChI is InChI=1S/C16H13.2CH3.Si.Ti/c1-12-10-14-8-5-9-15(16(14)11-12)13-6-3-2-4-7-13;;;;/h2-11H,1H3;2*1H3;;/q3*-1;;+3. The van der Waals surface area contributed by atoms with Crippen molar-refractivity contribution in [2.24, 2.45) is 0 Å². The topological polar surface area (TPSA) is 0 Å². The summed E-state index contributed by atoms with van der Waals surface area (Å²) >= 11 is 0. The van der Waals surface area contributed by atoms with Crippen molar-refractivity contribution < 1.29 is 21.7 Å². The average Bonchev–Trinajstić information content (AvgIpc) is 2.70. The van der Waals surface area contributed by atoms with Crippen LogP contribution in [0.1, 0.15) is 5.56 Å². The van der Waals surface area contributed by atoms with E-state index in [2.05, 4.69) is 67.6 Å². The predicted octanol–water partition coefficient (Wildman–Crippen LogP) is 5.05. The summed E-state index contributed by atoms with van der Waals surface area (Å²) in [4.78, 5) is 0. The molecule has 3 aromatic rings. The van der Waals surface area contributed by atoms with E-state index in [1.165, 1.54) is 27.5 Å². The summed E-state index contributed by atoms with van der Waals surface area (Å²) in [6.07, 6.45) is 0. The van der Waals surface area contributed by atoms with Gasteiger partial charge in [-0.2, -0.15) is 6.07 Å². The maximum atomic E-state index is 2.26. The van der Waals surface area contributed by atoms with Crippen LogP contribution in [0, 0.1) is 21.8 Å². The van der Waals surface area contributed by atoms with Gasteiger partial charge in [-0.1, -0.05) is 48.9 Å². The molecule has 0 aliphatic heterocycles. The van der Waals surface area contributed by atoms with E-state index in [0.29, 0.717) is 0 Å². The fourth-order valence-electron chi connectivity index (χ4n) is 2.25. The molecule has 0 nitrogen and oxygen atoms in total. The van der Waals surface area contributed by atoms with Crippen molar-refractivity contribution in [1.82, 2.24) is 0 Å². The Labute approximate surface area is 142 Å². The van der Waals surface area contributed by atoms with E-state index >= 15 is 0 Å². The van der Waals surface area contributed by atoms with Gasteiger partial charge < -0.3 is 14.9 Å². The number of fused-ring (bicyclic) bond motifs is 1. The molecule has 0 atom stereocenters. The molecular weight excluding hydrogens is 292 g/mol. The second kappa shape index (κ2) is 9.02. The smallest absolute Gasteiger partial charge is 0.358 e. The minimum absolute atomic E-state index is 0. The Morgan fingerprint density at radius 3 is 2.15 bits per heavy atom. The monoisotopic (exact) mass is 311 g/mol. The largest absolute Gasteiger partial charge is 3.00 e. The molecule has 0 aliphatic rings. The van der Waals surface area contributed by atoms with Crippen molar-refractivity contribution in [3.8, 4) is 11.1 Å². The molecule has 20 heavy (non-hydrogen) atoms. The van der Waals surface area contributed by atoms with Gasteiger partial charge in [0.1, 0.15) is 0 Å². The zero-order valence-corrected chi connectivity index (χ0v) is 14.8. The Morgan fingerprint density at radius 1 is 0.850 bits per heavy atom. The van der Waals surface area contributed by atoms with Crippen molar-refractivity contribution in [2.45, 2.75) is 6.92 Å². The number of benzene rings is 2. The second-order valence-corrected chi connectivity index (χ2v) is 4.21. The summed E-state index contributed by atoms with van der Waals surface area (Å²) in [7, 11) is 0. The van der Waals surface area contributed by atoms with E-state index in [0.717, 1.165) is 0 Å². The number of aryl methyl sites for hydroxylation is 1. The Balaban J connectivity index is 0. The normalized spacial score (nSPS) is 8.65. The van der Waals surface area contributed by atoms with Crippen LogP contribution in [0.5, 0.6) is 0 Å². The van der Waals surface area contributed by atoms with E-state index < -0.39 is 0 Å². The maximum absolute atomic E-state index is 2.26. The molecule has 99 valence electrons. The van der Waals surface area contributed by atoms with Gasteiger partial charge in [0.2, 0.25) is 0 Å². The molecule has 0 aromatic heterocycles. The summed E-state index contributed by atoms with van der Waals surface area (Å²) in [5.41, 5.74) is 3.95. The molecule has 0 heterocycles. The van der Waals surface area contributed by atoms with E-state index in [1.807, 2.05) is 0 Å². The Bertz CT molecular complexity index is 626. The Kier molecular flexibility index (Phi) is 9.59. The third-order valence-corrected chi connectivity index (χ3v) is 2.98. The number of hydrogen-bond donors (Lipinski definition) is 0. The van der Waals surface area contributed by atoms with Crippen molar-refractivity contribution in [1.29, 1.82) is 0 Å². The average molecular weight is 311 g/mol. The van der Waals surface area contributed by atoms with Gasteiger partial charge in [0.25, 0.3) is 0 Å². The van der Waals surface area contributed by atoms with E-state index in [4.69, 9.17) is 0 Å². The molecule has 2 heteroatoms. The van der Waals surface area contributed by atoms with E-state index in [-0.39, 0.29) is 47.5 Å². The molecule has 0 aliphatic carbocycles. The van der Waals surface area contributed by atoms with Gasteiger partial charge in [0.15, 0.2) is 0 Å². The molecule has 0 saturated heterocycles. The van der Waals surface area contributed by atoms with Crippen LogP contribution in [-0.2, 0) is 21.7 Å². The molecule has 0 saturated carbocycles. The van der Waals surface area contributed by atoms with Crippen LogP contribution in [0.3, 0.4) is 0 Å². The summed E-state index contributed by atoms with van der Waals surface area (Å²) in [6, 6.07) is 21.6. The molecule has 0 amide bonds. The van der Waals surface area contributed by atoms with Gasteiger partial charge in [-0.25, -0.2) is 0 Å². The summed E-state index contributed by atoms with van der Waals surface area (Å²) < 4.78 is 0. The van der Waals surface area contributed by atoms with Crippen LogP contribution in [-0.4, -0.2) is 11.0 Å². The first-order valence-electron chi connectivity index (χ1n) is 5.56. The van der Waals surface area contributed by atoms with Crippen LogP contribution in [0.2, 0.25) is 0 Å². The SMILES string of the molecule is Cc1cc2c(-c3ccccc3)cccc2[cH-]1.[CH3-].[CH3-].[Si].[Ti+3]. The molecular formula is C18H19SiTi. The van der Waals surface area contributed by atoms with Crippen molar-refractivity contribution in [3.05, 3.63) is 81.1 Å².